The summed E-state index contributed by atoms with van der Waals surface area (Å²) >= 11 is 0. The van der Waals surface area contributed by atoms with Gasteiger partial charge in [0, 0.05) is 11.3 Å². The maximum absolute atomic E-state index is 12.0. The van der Waals surface area contributed by atoms with E-state index in [-0.39, 0.29) is 30.5 Å². The van der Waals surface area contributed by atoms with Crippen LogP contribution in [0, 0.1) is 13.5 Å². The average Bonchev–Trinajstić information content (AvgIpc) is 3.34. The predicted molar refractivity (Wildman–Crippen MR) is 141 cm³/mol. The molecule has 6 rings (SSSR count). The molecule has 0 aliphatic carbocycles. The van der Waals surface area contributed by atoms with Crippen molar-refractivity contribution >= 4 is 52.0 Å². The second kappa shape index (κ2) is 12.8. The van der Waals surface area contributed by atoms with Crippen LogP contribution >= 0.6 is 0 Å². The Morgan fingerprint density at radius 2 is 1.22 bits per heavy atom. The minimum Gasteiger partial charge on any atom is -0.372 e. The van der Waals surface area contributed by atoms with Gasteiger partial charge < -0.3 is 23.2 Å². The number of anilines is 2. The monoisotopic (exact) mass is 488 g/mol. The molecule has 2 aliphatic heterocycles. The van der Waals surface area contributed by atoms with E-state index in [2.05, 4.69) is 16.7 Å². The predicted octanol–water partition coefficient (Wildman–Crippen LogP) is 4.25. The summed E-state index contributed by atoms with van der Waals surface area (Å²) in [7, 11) is 0. The Morgan fingerprint density at radius 3 is 1.81 bits per heavy atom. The van der Waals surface area contributed by atoms with Gasteiger partial charge in [0.25, 0.3) is 17.6 Å². The number of para-hydroxylation sites is 2. The summed E-state index contributed by atoms with van der Waals surface area (Å²) in [6.45, 7) is 0. The fourth-order valence-corrected chi connectivity index (χ4v) is 3.64. The molecular formula is C29H24MgN2O4. The molecule has 7 heteroatoms. The molecule has 0 bridgehead atoms. The Bertz CT molecular complexity index is 1300. The van der Waals surface area contributed by atoms with Gasteiger partial charge >= 0.3 is 23.1 Å². The Labute approximate surface area is 226 Å². The van der Waals surface area contributed by atoms with Gasteiger partial charge in [-0.25, -0.2) is 0 Å². The molecule has 2 amide bonds. The van der Waals surface area contributed by atoms with Crippen LogP contribution in [0.4, 0.5) is 11.4 Å². The first-order valence-corrected chi connectivity index (χ1v) is 10.6. The van der Waals surface area contributed by atoms with Gasteiger partial charge in [-0.3, -0.25) is 14.4 Å². The maximum atomic E-state index is 12.0. The maximum Gasteiger partial charge on any atom is 2.00 e. The van der Waals surface area contributed by atoms with Crippen molar-refractivity contribution < 1.29 is 19.5 Å². The summed E-state index contributed by atoms with van der Waals surface area (Å²) in [5.41, 5.74) is 1.38. The van der Waals surface area contributed by atoms with Crippen LogP contribution in [-0.4, -0.2) is 45.8 Å². The number of ketones is 1. The van der Waals surface area contributed by atoms with Gasteiger partial charge in [-0.05, 0) is 23.8 Å². The fraction of sp³-hybridized carbons (Fsp3) is 0.0345. The third-order valence-corrected chi connectivity index (χ3v) is 5.32. The van der Waals surface area contributed by atoms with E-state index in [0.29, 0.717) is 28.1 Å². The first-order valence-electron chi connectivity index (χ1n) is 10.6. The van der Waals surface area contributed by atoms with Crippen molar-refractivity contribution in [1.29, 1.82) is 0 Å². The SMILES string of the molecule is O=C1Nc2ccccc2C1(O)c1ccccc1.O=C1Nc2ccccc2C1=O.[CH3-].[Mg+2].[c-]1ccccc1. The number of carbonyl (C=O) groups excluding carboxylic acids is 3. The van der Waals surface area contributed by atoms with Gasteiger partial charge in [0.15, 0.2) is 5.60 Å². The second-order valence-corrected chi connectivity index (χ2v) is 7.48. The second-order valence-electron chi connectivity index (χ2n) is 7.48. The van der Waals surface area contributed by atoms with Gasteiger partial charge in [-0.15, -0.1) is 0 Å². The van der Waals surface area contributed by atoms with Crippen molar-refractivity contribution in [3.8, 4) is 0 Å². The molecular weight excluding hydrogens is 465 g/mol. The van der Waals surface area contributed by atoms with E-state index >= 15 is 0 Å². The summed E-state index contributed by atoms with van der Waals surface area (Å²) < 4.78 is 0. The summed E-state index contributed by atoms with van der Waals surface area (Å²) in [6, 6.07) is 35.5. The molecule has 6 nitrogen and oxygen atoms in total. The molecule has 0 spiro atoms. The van der Waals surface area contributed by atoms with E-state index in [0.717, 1.165) is 0 Å². The Balaban J connectivity index is 0.000000207. The Morgan fingerprint density at radius 1 is 0.667 bits per heavy atom. The number of Topliss-reactive ketones (excluding diaryl/α,β-unsaturated/α-hetero) is 1. The molecule has 2 aliphatic rings. The molecule has 1 atom stereocenters. The molecule has 176 valence electrons. The topological polar surface area (TPSA) is 95.5 Å². The number of rotatable bonds is 1. The minimum atomic E-state index is -1.57. The largest absolute Gasteiger partial charge is 2.00 e. The van der Waals surface area contributed by atoms with E-state index in [1.165, 1.54) is 0 Å². The number of nitrogens with one attached hydrogen (secondary N) is 2. The van der Waals surface area contributed by atoms with Crippen molar-refractivity contribution in [3.63, 3.8) is 0 Å². The zero-order chi connectivity index (χ0) is 24.0. The van der Waals surface area contributed by atoms with Crippen LogP contribution < -0.4 is 10.6 Å². The van der Waals surface area contributed by atoms with Crippen LogP contribution in [0.15, 0.2) is 109 Å². The van der Waals surface area contributed by atoms with E-state index < -0.39 is 23.2 Å². The van der Waals surface area contributed by atoms with Crippen molar-refractivity contribution in [3.05, 3.63) is 139 Å². The minimum absolute atomic E-state index is 0. The molecule has 4 aromatic carbocycles. The summed E-state index contributed by atoms with van der Waals surface area (Å²) in [4.78, 5) is 33.7. The molecule has 2 heterocycles. The molecule has 0 fully saturated rings. The van der Waals surface area contributed by atoms with Gasteiger partial charge in [-0.2, -0.15) is 36.4 Å². The van der Waals surface area contributed by atoms with Crippen LogP contribution in [0.2, 0.25) is 0 Å². The van der Waals surface area contributed by atoms with E-state index in [4.69, 9.17) is 0 Å². The van der Waals surface area contributed by atoms with Gasteiger partial charge in [0.1, 0.15) is 0 Å². The van der Waals surface area contributed by atoms with E-state index in [1.807, 2.05) is 60.7 Å². The van der Waals surface area contributed by atoms with Crippen LogP contribution in [-0.2, 0) is 15.2 Å². The zero-order valence-corrected chi connectivity index (χ0v) is 21.2. The van der Waals surface area contributed by atoms with Crippen molar-refractivity contribution in [1.82, 2.24) is 0 Å². The fourth-order valence-electron chi connectivity index (χ4n) is 3.64. The molecule has 3 N–H and O–H groups in total. The molecule has 1 unspecified atom stereocenters. The smallest absolute Gasteiger partial charge is 0.372 e. The first-order chi connectivity index (χ1) is 16.5. The zero-order valence-electron chi connectivity index (χ0n) is 19.8. The van der Waals surface area contributed by atoms with Crippen LogP contribution in [0.25, 0.3) is 0 Å². The van der Waals surface area contributed by atoms with Crippen LogP contribution in [0.3, 0.4) is 0 Å². The first kappa shape index (κ1) is 28.5. The third kappa shape index (κ3) is 5.88. The van der Waals surface area contributed by atoms with E-state index in [9.17, 15) is 19.5 Å². The Kier molecular flexibility index (Phi) is 10.1. The van der Waals surface area contributed by atoms with Gasteiger partial charge in [-0.1, -0.05) is 60.7 Å². The number of carbonyl (C=O) groups is 3. The summed E-state index contributed by atoms with van der Waals surface area (Å²) in [6.07, 6.45) is 0. The molecule has 0 saturated carbocycles. The van der Waals surface area contributed by atoms with Crippen LogP contribution in [0.5, 0.6) is 0 Å². The van der Waals surface area contributed by atoms with Crippen molar-refractivity contribution in [2.75, 3.05) is 10.6 Å². The summed E-state index contributed by atoms with van der Waals surface area (Å²) in [5.74, 6) is -1.38. The van der Waals surface area contributed by atoms with E-state index in [1.54, 1.807) is 48.5 Å². The molecule has 4 aromatic rings. The number of aliphatic hydroxyl groups is 1. The van der Waals surface area contributed by atoms with Crippen molar-refractivity contribution in [2.45, 2.75) is 5.60 Å². The molecule has 0 aromatic heterocycles. The number of amides is 2. The summed E-state index contributed by atoms with van der Waals surface area (Å²) in [5, 5.41) is 15.8. The number of hydrogen-bond acceptors (Lipinski definition) is 4. The normalized spacial score (nSPS) is 16.2. The van der Waals surface area contributed by atoms with Crippen LogP contribution in [0.1, 0.15) is 21.5 Å². The molecule has 36 heavy (non-hydrogen) atoms. The number of hydrogen-bond donors (Lipinski definition) is 3. The number of benzene rings is 4. The number of fused-ring (bicyclic) bond motifs is 2. The van der Waals surface area contributed by atoms with Gasteiger partial charge in [0.05, 0.1) is 11.3 Å². The van der Waals surface area contributed by atoms with Crippen molar-refractivity contribution in [2.24, 2.45) is 0 Å². The molecule has 0 saturated heterocycles. The quantitative estimate of drug-likeness (QED) is 0.212. The average molecular weight is 489 g/mol. The Hall–Kier alpha value is -3.78. The molecule has 0 radical (unpaired) electrons. The standard InChI is InChI=1S/C14H11NO2.C8H5NO2.C6H5.CH3.Mg/c16-13-14(17,10-6-2-1-3-7-10)11-8-4-5-9-12(11)15-13;10-7-5-3-1-2-4-6(5)9-8(7)11;1-2-4-6-5-3-1;;/h1-9,17H,(H,15,16);1-4H,(H,9,10,11);1-5H;1H3;/q;;2*-1;+2. The van der Waals surface area contributed by atoms with Gasteiger partial charge in [0.2, 0.25) is 0 Å². The third-order valence-electron chi connectivity index (χ3n) is 5.32.